The van der Waals surface area contributed by atoms with Crippen LogP contribution in [0.1, 0.15) is 46.3 Å². The molecule has 1 unspecified atom stereocenters. The molecular formula is C26H28N2O3S. The van der Waals surface area contributed by atoms with Crippen molar-refractivity contribution < 1.29 is 13.2 Å². The quantitative estimate of drug-likeness (QED) is 0.584. The Morgan fingerprint density at radius 2 is 1.59 bits per heavy atom. The summed E-state index contributed by atoms with van der Waals surface area (Å²) in [4.78, 5) is 12.8. The van der Waals surface area contributed by atoms with Crippen LogP contribution >= 0.6 is 0 Å². The van der Waals surface area contributed by atoms with Crippen molar-refractivity contribution in [1.82, 2.24) is 5.32 Å². The average Bonchev–Trinajstić information content (AvgIpc) is 3.13. The van der Waals surface area contributed by atoms with E-state index in [1.165, 1.54) is 21.7 Å². The van der Waals surface area contributed by atoms with Gasteiger partial charge in [0.1, 0.15) is 0 Å². The fraction of sp³-hybridized carbons (Fsp3) is 0.269. The first-order valence-corrected chi connectivity index (χ1v) is 12.7. The van der Waals surface area contributed by atoms with Crippen LogP contribution in [0.4, 0.5) is 5.69 Å². The zero-order valence-electron chi connectivity index (χ0n) is 18.4. The van der Waals surface area contributed by atoms with E-state index in [2.05, 4.69) is 29.6 Å². The summed E-state index contributed by atoms with van der Waals surface area (Å²) in [6.45, 7) is 2.42. The number of amides is 1. The lowest BCUT2D eigenvalue weighted by Crippen LogP contribution is -2.34. The minimum atomic E-state index is -3.34. The fourth-order valence-electron chi connectivity index (χ4n) is 4.58. The van der Waals surface area contributed by atoms with Gasteiger partial charge < -0.3 is 5.32 Å². The van der Waals surface area contributed by atoms with Gasteiger partial charge in [-0.2, -0.15) is 0 Å². The van der Waals surface area contributed by atoms with Crippen molar-refractivity contribution >= 4 is 21.6 Å². The van der Waals surface area contributed by atoms with E-state index in [-0.39, 0.29) is 17.9 Å². The second kappa shape index (κ2) is 9.17. The molecule has 0 radical (unpaired) electrons. The third-order valence-corrected chi connectivity index (χ3v) is 7.25. The number of nitrogens with one attached hydrogen (secondary N) is 1. The summed E-state index contributed by atoms with van der Waals surface area (Å²) >= 11 is 0. The lowest BCUT2D eigenvalue weighted by molar-refractivity contribution is 0.0952. The number of hydrogen-bond donors (Lipinski definition) is 1. The molecule has 0 saturated heterocycles. The molecule has 1 aliphatic rings. The Balaban J connectivity index is 1.45. The van der Waals surface area contributed by atoms with Gasteiger partial charge in [-0.25, -0.2) is 8.42 Å². The number of carbonyl (C=O) groups is 1. The Bertz CT molecular complexity index is 1150. The second-order valence-corrected chi connectivity index (χ2v) is 10.2. The summed E-state index contributed by atoms with van der Waals surface area (Å²) in [6, 6.07) is 25.8. The van der Waals surface area contributed by atoms with Crippen molar-refractivity contribution in [3.05, 3.63) is 101 Å². The first kappa shape index (κ1) is 22.1. The predicted molar refractivity (Wildman–Crippen MR) is 129 cm³/mol. The van der Waals surface area contributed by atoms with Crippen LogP contribution in [-0.2, 0) is 16.4 Å². The first-order valence-electron chi connectivity index (χ1n) is 10.8. The minimum absolute atomic E-state index is 0.141. The van der Waals surface area contributed by atoms with E-state index in [0.29, 0.717) is 24.2 Å². The van der Waals surface area contributed by atoms with E-state index < -0.39 is 10.0 Å². The summed E-state index contributed by atoms with van der Waals surface area (Å²) in [5, 5.41) is 3.04. The van der Waals surface area contributed by atoms with Gasteiger partial charge in [0.05, 0.1) is 11.9 Å². The van der Waals surface area contributed by atoms with Gasteiger partial charge in [0.15, 0.2) is 0 Å². The molecule has 0 aromatic heterocycles. The second-order valence-electron chi connectivity index (χ2n) is 8.37. The highest BCUT2D eigenvalue weighted by molar-refractivity contribution is 7.92. The molecule has 0 aliphatic carbocycles. The first-order chi connectivity index (χ1) is 15.3. The van der Waals surface area contributed by atoms with E-state index in [4.69, 9.17) is 0 Å². The number of rotatable bonds is 7. The summed E-state index contributed by atoms with van der Waals surface area (Å²) in [6.07, 6.45) is 2.60. The number of fused-ring (bicyclic) bond motifs is 1. The summed E-state index contributed by atoms with van der Waals surface area (Å²) < 4.78 is 25.7. The maximum absolute atomic E-state index is 12.8. The molecule has 1 atom stereocenters. The Labute approximate surface area is 190 Å². The standard InChI is InChI=1S/C26H28N2O3S/c1-19-17-23-18-22(13-14-25(23)28(19)32(2,30)31)26(29)27-16-15-24(20-9-5-3-6-10-20)21-11-7-4-8-12-21/h3-14,18-19,24H,15-17H2,1-2H3,(H,27,29). The van der Waals surface area contributed by atoms with Crippen molar-refractivity contribution in [2.24, 2.45) is 0 Å². The van der Waals surface area contributed by atoms with Crippen LogP contribution < -0.4 is 9.62 Å². The topological polar surface area (TPSA) is 66.5 Å². The third-order valence-electron chi connectivity index (χ3n) is 5.97. The van der Waals surface area contributed by atoms with Gasteiger partial charge in [-0.15, -0.1) is 0 Å². The molecule has 1 amide bonds. The van der Waals surface area contributed by atoms with Crippen molar-refractivity contribution in [2.75, 3.05) is 17.1 Å². The van der Waals surface area contributed by atoms with Gasteiger partial charge in [-0.3, -0.25) is 9.10 Å². The van der Waals surface area contributed by atoms with E-state index in [0.717, 1.165) is 12.0 Å². The Morgan fingerprint density at radius 1 is 1.00 bits per heavy atom. The maximum atomic E-state index is 12.8. The SMILES string of the molecule is CC1Cc2cc(C(=O)NCCC(c3ccccc3)c3ccccc3)ccc2N1S(C)(=O)=O. The molecule has 0 spiro atoms. The van der Waals surface area contributed by atoms with Gasteiger partial charge in [-0.1, -0.05) is 60.7 Å². The van der Waals surface area contributed by atoms with E-state index in [1.807, 2.05) is 49.4 Å². The molecule has 6 heteroatoms. The highest BCUT2D eigenvalue weighted by atomic mass is 32.2. The van der Waals surface area contributed by atoms with Crippen molar-refractivity contribution in [3.63, 3.8) is 0 Å². The largest absolute Gasteiger partial charge is 0.352 e. The number of anilines is 1. The van der Waals surface area contributed by atoms with Gasteiger partial charge >= 0.3 is 0 Å². The molecule has 32 heavy (non-hydrogen) atoms. The minimum Gasteiger partial charge on any atom is -0.352 e. The molecule has 0 fully saturated rings. The van der Waals surface area contributed by atoms with Gasteiger partial charge in [0, 0.05) is 24.1 Å². The molecule has 0 saturated carbocycles. The summed E-state index contributed by atoms with van der Waals surface area (Å²) in [5.74, 6) is 0.0556. The lowest BCUT2D eigenvalue weighted by atomic mass is 9.88. The smallest absolute Gasteiger partial charge is 0.251 e. The van der Waals surface area contributed by atoms with E-state index in [9.17, 15) is 13.2 Å². The lowest BCUT2D eigenvalue weighted by Gasteiger charge is -2.22. The van der Waals surface area contributed by atoms with Crippen LogP contribution in [0.25, 0.3) is 0 Å². The van der Waals surface area contributed by atoms with Crippen molar-refractivity contribution in [2.45, 2.75) is 31.7 Å². The summed E-state index contributed by atoms with van der Waals surface area (Å²) in [7, 11) is -3.34. The molecular weight excluding hydrogens is 420 g/mol. The highest BCUT2D eigenvalue weighted by Crippen LogP contribution is 2.34. The zero-order valence-corrected chi connectivity index (χ0v) is 19.2. The Hall–Kier alpha value is -3.12. The number of hydrogen-bond acceptors (Lipinski definition) is 3. The highest BCUT2D eigenvalue weighted by Gasteiger charge is 2.32. The van der Waals surface area contributed by atoms with E-state index >= 15 is 0 Å². The Morgan fingerprint density at radius 3 is 2.16 bits per heavy atom. The van der Waals surface area contributed by atoms with Crippen LogP contribution in [0.3, 0.4) is 0 Å². The molecule has 1 N–H and O–H groups in total. The predicted octanol–water partition coefficient (Wildman–Crippen LogP) is 4.35. The molecule has 166 valence electrons. The van der Waals surface area contributed by atoms with Crippen LogP contribution in [0, 0.1) is 0 Å². The van der Waals surface area contributed by atoms with E-state index in [1.54, 1.807) is 12.1 Å². The Kier molecular flexibility index (Phi) is 6.33. The fourth-order valence-corrected chi connectivity index (χ4v) is 5.84. The third kappa shape index (κ3) is 4.70. The molecule has 1 aliphatic heterocycles. The van der Waals surface area contributed by atoms with Gasteiger partial charge in [0.2, 0.25) is 10.0 Å². The number of sulfonamides is 1. The van der Waals surface area contributed by atoms with Crippen LogP contribution in [0.5, 0.6) is 0 Å². The molecule has 0 bridgehead atoms. The monoisotopic (exact) mass is 448 g/mol. The van der Waals surface area contributed by atoms with Crippen LogP contribution in [-0.4, -0.2) is 33.2 Å². The molecule has 4 rings (SSSR count). The number of nitrogens with zero attached hydrogens (tertiary/aromatic N) is 1. The molecule has 1 heterocycles. The molecule has 3 aromatic rings. The average molecular weight is 449 g/mol. The number of benzene rings is 3. The molecule has 3 aromatic carbocycles. The zero-order chi connectivity index (χ0) is 22.7. The summed E-state index contributed by atoms with van der Waals surface area (Å²) in [5.41, 5.74) is 4.56. The number of carbonyl (C=O) groups excluding carboxylic acids is 1. The maximum Gasteiger partial charge on any atom is 0.251 e. The van der Waals surface area contributed by atoms with Crippen molar-refractivity contribution in [1.29, 1.82) is 0 Å². The van der Waals surface area contributed by atoms with Gasteiger partial charge in [0.25, 0.3) is 5.91 Å². The van der Waals surface area contributed by atoms with Gasteiger partial charge in [-0.05, 0) is 54.7 Å². The normalized spacial score (nSPS) is 15.6. The molecule has 5 nitrogen and oxygen atoms in total. The van der Waals surface area contributed by atoms with Crippen molar-refractivity contribution in [3.8, 4) is 0 Å². The van der Waals surface area contributed by atoms with Crippen LogP contribution in [0.2, 0.25) is 0 Å². The van der Waals surface area contributed by atoms with Crippen LogP contribution in [0.15, 0.2) is 78.9 Å².